The molecule has 0 bridgehead atoms. The average molecular weight is 328 g/mol. The third-order valence-corrected chi connectivity index (χ3v) is 4.37. The van der Waals surface area contributed by atoms with Gasteiger partial charge in [-0.1, -0.05) is 6.07 Å². The van der Waals surface area contributed by atoms with Gasteiger partial charge in [0.1, 0.15) is 11.6 Å². The van der Waals surface area contributed by atoms with Crippen molar-refractivity contribution in [1.82, 2.24) is 4.90 Å². The van der Waals surface area contributed by atoms with Gasteiger partial charge in [0.25, 0.3) is 5.91 Å². The highest BCUT2D eigenvalue weighted by Crippen LogP contribution is 2.37. The molecule has 1 aliphatic rings. The molecule has 5 heteroatoms. The maximum Gasteiger partial charge on any atom is 0.253 e. The predicted octanol–water partition coefficient (Wildman–Crippen LogP) is 3.64. The molecule has 0 aromatic heterocycles. The highest BCUT2D eigenvalue weighted by Gasteiger charge is 2.24. The van der Waals surface area contributed by atoms with E-state index >= 15 is 0 Å². The van der Waals surface area contributed by atoms with Crippen molar-refractivity contribution in [3.05, 3.63) is 58.9 Å². The zero-order chi connectivity index (χ0) is 17.3. The zero-order valence-electron chi connectivity index (χ0n) is 14.1. The lowest BCUT2D eigenvalue weighted by molar-refractivity contribution is 0.0827. The van der Waals surface area contributed by atoms with Crippen LogP contribution in [0.3, 0.4) is 0 Å². The van der Waals surface area contributed by atoms with Crippen molar-refractivity contribution < 1.29 is 13.9 Å². The van der Waals surface area contributed by atoms with Crippen LogP contribution in [0.15, 0.2) is 36.4 Å². The Balaban J connectivity index is 1.91. The maximum atomic E-state index is 13.6. The van der Waals surface area contributed by atoms with Crippen molar-refractivity contribution in [3.63, 3.8) is 0 Å². The molecule has 0 saturated carbocycles. The molecule has 1 aliphatic carbocycles. The smallest absolute Gasteiger partial charge is 0.253 e. The van der Waals surface area contributed by atoms with Gasteiger partial charge in [-0.05, 0) is 54.3 Å². The first-order valence-corrected chi connectivity index (χ1v) is 7.94. The SMILES string of the molecule is COc1ccc(C(=O)N(C)C)cc1NC1CCc2ccc(F)cc21. The first kappa shape index (κ1) is 16.3. The second-order valence-electron chi connectivity index (χ2n) is 6.19. The number of rotatable bonds is 4. The molecule has 4 nitrogen and oxygen atoms in total. The van der Waals surface area contributed by atoms with Gasteiger partial charge < -0.3 is 15.0 Å². The summed E-state index contributed by atoms with van der Waals surface area (Å²) in [5, 5.41) is 3.42. The van der Waals surface area contributed by atoms with Gasteiger partial charge in [-0.3, -0.25) is 4.79 Å². The molecule has 0 radical (unpaired) electrons. The topological polar surface area (TPSA) is 41.6 Å². The number of amides is 1. The van der Waals surface area contributed by atoms with Crippen LogP contribution in [0.5, 0.6) is 5.75 Å². The minimum absolute atomic E-state index is 0.00862. The summed E-state index contributed by atoms with van der Waals surface area (Å²) in [5.74, 6) is 0.361. The van der Waals surface area contributed by atoms with Crippen LogP contribution in [-0.2, 0) is 6.42 Å². The number of carbonyl (C=O) groups excluding carboxylic acids is 1. The van der Waals surface area contributed by atoms with E-state index in [2.05, 4.69) is 5.32 Å². The molecule has 1 atom stereocenters. The first-order valence-electron chi connectivity index (χ1n) is 7.94. The fourth-order valence-corrected chi connectivity index (χ4v) is 3.12. The normalized spacial score (nSPS) is 15.8. The molecule has 1 amide bonds. The third kappa shape index (κ3) is 3.07. The second-order valence-corrected chi connectivity index (χ2v) is 6.19. The summed E-state index contributed by atoms with van der Waals surface area (Å²) in [6.45, 7) is 0. The Hall–Kier alpha value is -2.56. The summed E-state index contributed by atoms with van der Waals surface area (Å²) in [5.41, 5.74) is 3.46. The van der Waals surface area contributed by atoms with Gasteiger partial charge in [0.05, 0.1) is 18.8 Å². The number of nitrogens with zero attached hydrogens (tertiary/aromatic N) is 1. The van der Waals surface area contributed by atoms with Crippen molar-refractivity contribution in [1.29, 1.82) is 0 Å². The summed E-state index contributed by atoms with van der Waals surface area (Å²) in [7, 11) is 5.03. The molecule has 1 unspecified atom stereocenters. The van der Waals surface area contributed by atoms with E-state index in [1.807, 2.05) is 6.07 Å². The lowest BCUT2D eigenvalue weighted by Crippen LogP contribution is -2.21. The third-order valence-electron chi connectivity index (χ3n) is 4.37. The van der Waals surface area contributed by atoms with Crippen LogP contribution in [0.2, 0.25) is 0 Å². The van der Waals surface area contributed by atoms with Crippen LogP contribution < -0.4 is 10.1 Å². The minimum atomic E-state index is -0.231. The molecule has 126 valence electrons. The van der Waals surface area contributed by atoms with E-state index in [1.54, 1.807) is 45.5 Å². The Labute approximate surface area is 141 Å². The van der Waals surface area contributed by atoms with E-state index in [9.17, 15) is 9.18 Å². The van der Waals surface area contributed by atoms with Gasteiger partial charge >= 0.3 is 0 Å². The molecule has 0 heterocycles. The van der Waals surface area contributed by atoms with Crippen molar-refractivity contribution >= 4 is 11.6 Å². The van der Waals surface area contributed by atoms with Crippen LogP contribution in [0.4, 0.5) is 10.1 Å². The van der Waals surface area contributed by atoms with Gasteiger partial charge in [0.2, 0.25) is 0 Å². The molecule has 0 saturated heterocycles. The number of anilines is 1. The monoisotopic (exact) mass is 328 g/mol. The lowest BCUT2D eigenvalue weighted by Gasteiger charge is -2.19. The summed E-state index contributed by atoms with van der Waals surface area (Å²) < 4.78 is 19.0. The van der Waals surface area contributed by atoms with Crippen LogP contribution in [0.25, 0.3) is 0 Å². The Bertz CT molecular complexity index is 774. The van der Waals surface area contributed by atoms with E-state index in [0.29, 0.717) is 11.3 Å². The van der Waals surface area contributed by atoms with Crippen LogP contribution in [0, 0.1) is 5.82 Å². The van der Waals surface area contributed by atoms with Gasteiger partial charge in [0.15, 0.2) is 0 Å². The predicted molar refractivity (Wildman–Crippen MR) is 92.1 cm³/mol. The zero-order valence-corrected chi connectivity index (χ0v) is 14.1. The molecular weight excluding hydrogens is 307 g/mol. The van der Waals surface area contributed by atoms with Crippen LogP contribution in [0.1, 0.15) is 33.9 Å². The Morgan fingerprint density at radius 1 is 1.25 bits per heavy atom. The highest BCUT2D eigenvalue weighted by atomic mass is 19.1. The van der Waals surface area contributed by atoms with Gasteiger partial charge in [-0.2, -0.15) is 0 Å². The molecule has 0 spiro atoms. The highest BCUT2D eigenvalue weighted by molar-refractivity contribution is 5.95. The Morgan fingerprint density at radius 2 is 2.04 bits per heavy atom. The maximum absolute atomic E-state index is 13.6. The van der Waals surface area contributed by atoms with Gasteiger partial charge in [-0.15, -0.1) is 0 Å². The molecule has 3 rings (SSSR count). The number of hydrogen-bond acceptors (Lipinski definition) is 3. The van der Waals surface area contributed by atoms with E-state index in [-0.39, 0.29) is 17.8 Å². The largest absolute Gasteiger partial charge is 0.495 e. The molecule has 0 aliphatic heterocycles. The molecule has 24 heavy (non-hydrogen) atoms. The number of nitrogens with one attached hydrogen (secondary N) is 1. The summed E-state index contributed by atoms with van der Waals surface area (Å²) in [4.78, 5) is 13.7. The summed E-state index contributed by atoms with van der Waals surface area (Å²) in [6.07, 6.45) is 1.79. The van der Waals surface area contributed by atoms with Crippen molar-refractivity contribution in [3.8, 4) is 5.75 Å². The van der Waals surface area contributed by atoms with Crippen molar-refractivity contribution in [2.75, 3.05) is 26.5 Å². The Morgan fingerprint density at radius 3 is 2.75 bits per heavy atom. The fraction of sp³-hybridized carbons (Fsp3) is 0.316. The number of methoxy groups -OCH3 is 1. The summed E-state index contributed by atoms with van der Waals surface area (Å²) in [6, 6.07) is 10.2. The average Bonchev–Trinajstić information content (AvgIpc) is 2.96. The number of benzene rings is 2. The Kier molecular flexibility index (Phi) is 4.42. The van der Waals surface area contributed by atoms with Crippen molar-refractivity contribution in [2.24, 2.45) is 0 Å². The second kappa shape index (κ2) is 6.51. The lowest BCUT2D eigenvalue weighted by atomic mass is 10.1. The minimum Gasteiger partial charge on any atom is -0.495 e. The van der Waals surface area contributed by atoms with Gasteiger partial charge in [-0.25, -0.2) is 4.39 Å². The van der Waals surface area contributed by atoms with E-state index in [1.165, 1.54) is 11.0 Å². The molecule has 2 aromatic carbocycles. The van der Waals surface area contributed by atoms with Crippen LogP contribution in [-0.4, -0.2) is 32.0 Å². The van der Waals surface area contributed by atoms with Crippen LogP contribution >= 0.6 is 0 Å². The van der Waals surface area contributed by atoms with Crippen molar-refractivity contribution in [2.45, 2.75) is 18.9 Å². The number of fused-ring (bicyclic) bond motifs is 1. The van der Waals surface area contributed by atoms with Gasteiger partial charge in [0, 0.05) is 19.7 Å². The molecule has 0 fully saturated rings. The molecular formula is C19H21FN2O2. The number of hydrogen-bond donors (Lipinski definition) is 1. The quantitative estimate of drug-likeness (QED) is 0.932. The standard InChI is InChI=1S/C19H21FN2O2/c1-22(2)19(23)13-6-9-18(24-3)17(10-13)21-16-8-5-12-4-7-14(20)11-15(12)16/h4,6-7,9-11,16,21H,5,8H2,1-3H3. The van der Waals surface area contributed by atoms with E-state index in [4.69, 9.17) is 4.74 Å². The summed E-state index contributed by atoms with van der Waals surface area (Å²) >= 11 is 0. The number of halogens is 1. The number of carbonyl (C=O) groups is 1. The molecule has 1 N–H and O–H groups in total. The first-order chi connectivity index (χ1) is 11.5. The van der Waals surface area contributed by atoms with E-state index in [0.717, 1.165) is 29.7 Å². The molecule has 2 aromatic rings. The van der Waals surface area contributed by atoms with E-state index < -0.39 is 0 Å². The number of ether oxygens (including phenoxy) is 1. The fourth-order valence-electron chi connectivity index (χ4n) is 3.12. The number of aryl methyl sites for hydroxylation is 1.